The summed E-state index contributed by atoms with van der Waals surface area (Å²) in [7, 11) is 0.117. The van der Waals surface area contributed by atoms with E-state index in [0.717, 1.165) is 62.7 Å². The van der Waals surface area contributed by atoms with Gasteiger partial charge in [0.1, 0.15) is 19.6 Å². The van der Waals surface area contributed by atoms with Gasteiger partial charge in [-0.15, -0.1) is 0 Å². The third kappa shape index (κ3) is 6.70. The topological polar surface area (TPSA) is 87.7 Å². The molecule has 0 spiro atoms. The Morgan fingerprint density at radius 2 is 2.15 bits per heavy atom. The van der Waals surface area contributed by atoms with Crippen molar-refractivity contribution in [3.05, 3.63) is 34.9 Å². The highest BCUT2D eigenvalue weighted by Crippen LogP contribution is 2.50. The number of hydrogen-bond donors (Lipinski definition) is 2. The summed E-state index contributed by atoms with van der Waals surface area (Å²) < 4.78 is 7.33. The summed E-state index contributed by atoms with van der Waals surface area (Å²) in [4.78, 5) is 38.2. The van der Waals surface area contributed by atoms with Crippen molar-refractivity contribution in [1.29, 1.82) is 0 Å². The number of halogens is 1. The zero-order chi connectivity index (χ0) is 24.3. The molecular weight excluding hydrogens is 490 g/mol. The smallest absolute Gasteiger partial charge is 0.420 e. The number of amides is 3. The Balaban J connectivity index is 1.32. The number of hydrogen-bond acceptors (Lipinski definition) is 5. The van der Waals surface area contributed by atoms with Crippen LogP contribution < -0.4 is 10.6 Å². The van der Waals surface area contributed by atoms with Crippen molar-refractivity contribution in [1.82, 2.24) is 14.9 Å². The Labute approximate surface area is 212 Å². The zero-order valence-electron chi connectivity index (χ0n) is 19.8. The highest BCUT2D eigenvalue weighted by atomic mass is 35.5. The third-order valence-electron chi connectivity index (χ3n) is 6.84. The molecule has 7 nitrogen and oxygen atoms in total. The number of carbonyl (C=O) groups is 3. The van der Waals surface area contributed by atoms with Gasteiger partial charge >= 0.3 is 6.09 Å². The van der Waals surface area contributed by atoms with Gasteiger partial charge in [0.2, 0.25) is 5.91 Å². The van der Waals surface area contributed by atoms with Gasteiger partial charge < -0.3 is 15.4 Å². The van der Waals surface area contributed by atoms with E-state index in [-0.39, 0.29) is 22.7 Å². The highest BCUT2D eigenvalue weighted by Gasteiger charge is 2.49. The summed E-state index contributed by atoms with van der Waals surface area (Å²) in [6.45, 7) is 2.75. The molecule has 0 radical (unpaired) electrons. The molecule has 0 bridgehead atoms. The largest absolute Gasteiger partial charge is 0.437 e. The van der Waals surface area contributed by atoms with Crippen LogP contribution in [-0.2, 0) is 15.1 Å². The van der Waals surface area contributed by atoms with Crippen LogP contribution in [0, 0.1) is 5.92 Å². The second-order valence-electron chi connectivity index (χ2n) is 9.92. The van der Waals surface area contributed by atoms with Gasteiger partial charge in [0.25, 0.3) is 0 Å². The molecular formula is C24H34ClN3O4SSi. The number of ether oxygens (including phenoxy) is 1. The van der Waals surface area contributed by atoms with Gasteiger partial charge in [0, 0.05) is 24.7 Å². The van der Waals surface area contributed by atoms with E-state index < -0.39 is 20.5 Å². The van der Waals surface area contributed by atoms with Gasteiger partial charge in [-0.3, -0.25) is 13.9 Å². The van der Waals surface area contributed by atoms with Crippen molar-refractivity contribution in [2.24, 2.45) is 5.92 Å². The van der Waals surface area contributed by atoms with Crippen LogP contribution >= 0.6 is 23.5 Å². The Hall–Kier alpha value is -1.71. The minimum absolute atomic E-state index is 0.0508. The average Bonchev–Trinajstić information content (AvgIpc) is 3.72. The summed E-state index contributed by atoms with van der Waals surface area (Å²) in [5.41, 5.74) is 0.501. The molecule has 4 rings (SSSR count). The fourth-order valence-corrected chi connectivity index (χ4v) is 8.57. The van der Waals surface area contributed by atoms with E-state index in [1.165, 1.54) is 16.3 Å². The van der Waals surface area contributed by atoms with Crippen molar-refractivity contribution in [3.8, 4) is 0 Å². The van der Waals surface area contributed by atoms with Crippen LogP contribution in [-0.4, -0.2) is 55.5 Å². The first-order valence-electron chi connectivity index (χ1n) is 12.2. The van der Waals surface area contributed by atoms with Crippen molar-refractivity contribution >= 4 is 49.9 Å². The Morgan fingerprint density at radius 3 is 2.79 bits per heavy atom. The second-order valence-corrected chi connectivity index (χ2v) is 14.6. The van der Waals surface area contributed by atoms with Crippen molar-refractivity contribution in [2.45, 2.75) is 74.4 Å². The fraction of sp³-hybridized carbons (Fsp3) is 0.625. The molecule has 34 heavy (non-hydrogen) atoms. The first-order chi connectivity index (χ1) is 16.3. The van der Waals surface area contributed by atoms with Gasteiger partial charge in [-0.25, -0.2) is 4.79 Å². The monoisotopic (exact) mass is 523 g/mol. The Morgan fingerprint density at radius 1 is 1.38 bits per heavy atom. The molecule has 186 valence electrons. The average molecular weight is 524 g/mol. The minimum atomic E-state index is -1.55. The molecule has 1 saturated heterocycles. The molecule has 1 aromatic rings. The molecule has 1 heterocycles. The number of carbonyl (C=O) groups excluding carboxylic acids is 3. The lowest BCUT2D eigenvalue weighted by molar-refractivity contribution is -0.121. The van der Waals surface area contributed by atoms with Crippen LogP contribution in [0.25, 0.3) is 0 Å². The maximum Gasteiger partial charge on any atom is 0.420 e. The lowest BCUT2D eigenvalue weighted by Crippen LogP contribution is -2.47. The van der Waals surface area contributed by atoms with E-state index in [1.807, 2.05) is 25.1 Å². The molecule has 3 amide bonds. The quantitative estimate of drug-likeness (QED) is 0.344. The molecule has 0 unspecified atom stereocenters. The third-order valence-corrected chi connectivity index (χ3v) is 11.5. The van der Waals surface area contributed by atoms with Crippen molar-refractivity contribution in [2.75, 3.05) is 13.6 Å². The first-order valence-corrected chi connectivity index (χ1v) is 15.7. The lowest BCUT2D eigenvalue weighted by atomic mass is 10.1. The van der Waals surface area contributed by atoms with Crippen LogP contribution in [0.1, 0.15) is 51.0 Å². The van der Waals surface area contributed by atoms with E-state index in [2.05, 4.69) is 10.6 Å². The normalized spacial score (nSPS) is 22.8. The number of nitrogens with zero attached hydrogens (tertiary/aromatic N) is 1. The van der Waals surface area contributed by atoms with Crippen molar-refractivity contribution < 1.29 is 19.1 Å². The Bertz CT molecular complexity index is 927. The predicted molar refractivity (Wildman–Crippen MR) is 138 cm³/mol. The SMILES string of the molecule is C[C@H](C[Si@@H]1CCCNC1=O)NC(=O)[C@H](CC1CC1)SN(C)C(=O)OC1(c2cccc(Cl)c2)CC1. The number of benzene rings is 1. The van der Waals surface area contributed by atoms with E-state index in [0.29, 0.717) is 10.9 Å². The standard InChI is InChI=1S/C24H34ClN3O4SSi/c1-16(15-34-12-4-11-26-22(34)30)27-21(29)20(13-17-7-8-17)33-28(2)23(31)32-24(9-10-24)18-5-3-6-19(25)14-18/h3,5-6,14,16-17,20,34H,4,7-13,15H2,1-2H3,(H,26,30)(H,27,29)/t16-,20+,34+/m1/s1. The van der Waals surface area contributed by atoms with E-state index in [4.69, 9.17) is 16.3 Å². The van der Waals surface area contributed by atoms with Gasteiger partial charge in [-0.05, 0) is 80.3 Å². The van der Waals surface area contributed by atoms with Gasteiger partial charge in [-0.2, -0.15) is 0 Å². The molecule has 2 aliphatic carbocycles. The minimum Gasteiger partial charge on any atom is -0.437 e. The molecule has 2 saturated carbocycles. The summed E-state index contributed by atoms with van der Waals surface area (Å²) in [6.07, 6.45) is 5.10. The van der Waals surface area contributed by atoms with Crippen LogP contribution in [0.15, 0.2) is 24.3 Å². The van der Waals surface area contributed by atoms with Gasteiger partial charge in [0.15, 0.2) is 5.53 Å². The molecule has 3 aliphatic rings. The molecule has 3 fully saturated rings. The molecule has 1 aromatic carbocycles. The predicted octanol–water partition coefficient (Wildman–Crippen LogP) is 4.64. The van der Waals surface area contributed by atoms with Gasteiger partial charge in [0.05, 0.1) is 0 Å². The lowest BCUT2D eigenvalue weighted by Gasteiger charge is -2.27. The van der Waals surface area contributed by atoms with Crippen molar-refractivity contribution in [3.63, 3.8) is 0 Å². The van der Waals surface area contributed by atoms with E-state index in [1.54, 1.807) is 13.1 Å². The summed E-state index contributed by atoms with van der Waals surface area (Å²) in [6, 6.07) is 9.14. The highest BCUT2D eigenvalue weighted by molar-refractivity contribution is 7.98. The maximum absolute atomic E-state index is 13.1. The fourth-order valence-electron chi connectivity index (χ4n) is 4.54. The molecule has 1 aliphatic heterocycles. The van der Waals surface area contributed by atoms with Crippen LogP contribution in [0.5, 0.6) is 0 Å². The van der Waals surface area contributed by atoms with E-state index >= 15 is 0 Å². The molecule has 10 heteroatoms. The Kier molecular flexibility index (Phi) is 8.15. The first kappa shape index (κ1) is 25.4. The van der Waals surface area contributed by atoms with E-state index in [9.17, 15) is 14.4 Å². The summed E-state index contributed by atoms with van der Waals surface area (Å²) >= 11 is 7.36. The second kappa shape index (κ2) is 10.9. The maximum atomic E-state index is 13.1. The summed E-state index contributed by atoms with van der Waals surface area (Å²) in [5, 5.41) is 6.34. The van der Waals surface area contributed by atoms with Crippen LogP contribution in [0.2, 0.25) is 17.1 Å². The molecule has 0 aromatic heterocycles. The number of rotatable bonds is 10. The van der Waals surface area contributed by atoms with Crippen LogP contribution in [0.3, 0.4) is 0 Å². The zero-order valence-corrected chi connectivity index (χ0v) is 22.6. The summed E-state index contributed by atoms with van der Waals surface area (Å²) in [5.74, 6) is 0.466. The number of nitrogens with one attached hydrogen (secondary N) is 2. The molecule has 3 atom stereocenters. The van der Waals surface area contributed by atoms with Crippen LogP contribution in [0.4, 0.5) is 9.59 Å². The molecule has 2 N–H and O–H groups in total. The van der Waals surface area contributed by atoms with Gasteiger partial charge in [-0.1, -0.05) is 36.6 Å².